The fourth-order valence-corrected chi connectivity index (χ4v) is 0.671. The fourth-order valence-electron chi connectivity index (χ4n) is 0.671. The molecule has 3 heteroatoms. The Hall–Kier alpha value is -0.700. The molecule has 0 amide bonds. The Morgan fingerprint density at radius 3 is 1.42 bits per heavy atom. The van der Waals surface area contributed by atoms with Gasteiger partial charge in [-0.3, -0.25) is 9.59 Å². The summed E-state index contributed by atoms with van der Waals surface area (Å²) >= 11 is 0. The molecule has 12 heavy (non-hydrogen) atoms. The Balaban J connectivity index is 0. The van der Waals surface area contributed by atoms with Crippen LogP contribution in [0.4, 0.5) is 0 Å². The van der Waals surface area contributed by atoms with E-state index in [1.54, 1.807) is 0 Å². The molecule has 0 unspecified atom stereocenters. The quantitative estimate of drug-likeness (QED) is 0.472. The molecule has 0 fully saturated rings. The third-order valence-electron chi connectivity index (χ3n) is 1.51. The summed E-state index contributed by atoms with van der Waals surface area (Å²) in [7, 11) is 0. The summed E-state index contributed by atoms with van der Waals surface area (Å²) in [6, 6.07) is 0. The van der Waals surface area contributed by atoms with Gasteiger partial charge in [-0.1, -0.05) is 20.8 Å². The fraction of sp³-hybridized carbons (Fsp3) is 0.778. The number of rotatable bonds is 4. The zero-order chi connectivity index (χ0) is 9.98. The average Bonchev–Trinajstić information content (AvgIpc) is 2.09. The molecule has 0 aromatic heterocycles. The molecule has 0 aliphatic carbocycles. The molecule has 0 bridgehead atoms. The minimum absolute atomic E-state index is 0.278. The molecule has 0 N–H and O–H groups in total. The molecule has 0 rings (SSSR count). The van der Waals surface area contributed by atoms with Crippen LogP contribution in [0.3, 0.4) is 0 Å². The summed E-state index contributed by atoms with van der Waals surface area (Å²) in [5.74, 6) is -0.426. The molecule has 0 saturated carbocycles. The minimum Gasteiger partial charge on any atom is -0.304 e. The average molecular weight is 173 g/mol. The minimum atomic E-state index is -0.426. The van der Waals surface area contributed by atoms with Crippen molar-refractivity contribution in [3.05, 3.63) is 0 Å². The Bertz CT molecular complexity index is 114. The van der Waals surface area contributed by atoms with Gasteiger partial charge in [-0.15, -0.1) is 0 Å². The molecule has 72 valence electrons. The van der Waals surface area contributed by atoms with Crippen molar-refractivity contribution < 1.29 is 9.59 Å². The maximum absolute atomic E-state index is 9.44. The highest BCUT2D eigenvalue weighted by molar-refractivity contribution is 6.23. The van der Waals surface area contributed by atoms with Gasteiger partial charge in [0.15, 0.2) is 12.1 Å². The summed E-state index contributed by atoms with van der Waals surface area (Å²) in [6.07, 6.45) is 0.278. The molecule has 0 saturated heterocycles. The van der Waals surface area contributed by atoms with Gasteiger partial charge in [0.2, 0.25) is 0 Å². The third-order valence-corrected chi connectivity index (χ3v) is 1.51. The van der Waals surface area contributed by atoms with Gasteiger partial charge in [0, 0.05) is 6.92 Å². The van der Waals surface area contributed by atoms with E-state index >= 15 is 0 Å². The maximum Gasteiger partial charge on any atom is 0.192 e. The lowest BCUT2D eigenvalue weighted by atomic mass is 10.5. The monoisotopic (exact) mass is 173 g/mol. The van der Waals surface area contributed by atoms with E-state index in [0.29, 0.717) is 0 Å². The number of carbonyl (C=O) groups is 2. The number of ketones is 1. The standard InChI is InChI=1S/C6H15N.C3H4O2/c1-4-7(5-2)6-3;1-3(5)2-4/h4-6H2,1-3H3;2H,1H3. The van der Waals surface area contributed by atoms with Crippen LogP contribution >= 0.6 is 0 Å². The lowest BCUT2D eigenvalue weighted by Gasteiger charge is -2.13. The van der Waals surface area contributed by atoms with Crippen molar-refractivity contribution in [1.29, 1.82) is 0 Å². The summed E-state index contributed by atoms with van der Waals surface area (Å²) in [4.78, 5) is 21.0. The molecular weight excluding hydrogens is 154 g/mol. The van der Waals surface area contributed by atoms with E-state index in [1.807, 2.05) is 0 Å². The van der Waals surface area contributed by atoms with Crippen LogP contribution in [0.2, 0.25) is 0 Å². The van der Waals surface area contributed by atoms with Gasteiger partial charge in [0.1, 0.15) is 0 Å². The van der Waals surface area contributed by atoms with Gasteiger partial charge in [-0.05, 0) is 19.6 Å². The number of aldehydes is 1. The van der Waals surface area contributed by atoms with Crippen LogP contribution in [0.1, 0.15) is 27.7 Å². The number of hydrogen-bond donors (Lipinski definition) is 0. The molecule has 0 aliphatic heterocycles. The molecule has 0 atom stereocenters. The highest BCUT2D eigenvalue weighted by Gasteiger charge is 1.89. The first-order chi connectivity index (χ1) is 5.62. The van der Waals surface area contributed by atoms with E-state index in [4.69, 9.17) is 4.79 Å². The van der Waals surface area contributed by atoms with Gasteiger partial charge in [-0.2, -0.15) is 0 Å². The van der Waals surface area contributed by atoms with Crippen LogP contribution in [0, 0.1) is 0 Å². The third kappa shape index (κ3) is 12.0. The lowest BCUT2D eigenvalue weighted by Crippen LogP contribution is -2.21. The highest BCUT2D eigenvalue weighted by atomic mass is 16.2. The Morgan fingerprint density at radius 1 is 1.17 bits per heavy atom. The zero-order valence-electron chi connectivity index (χ0n) is 8.46. The van der Waals surface area contributed by atoms with Crippen molar-refractivity contribution in [3.8, 4) is 0 Å². The topological polar surface area (TPSA) is 37.4 Å². The molecule has 0 aromatic rings. The second-order valence-corrected chi connectivity index (χ2v) is 2.35. The highest BCUT2D eigenvalue weighted by Crippen LogP contribution is 1.81. The van der Waals surface area contributed by atoms with Gasteiger partial charge >= 0.3 is 0 Å². The largest absolute Gasteiger partial charge is 0.304 e. The number of nitrogens with zero attached hydrogens (tertiary/aromatic N) is 1. The van der Waals surface area contributed by atoms with Gasteiger partial charge in [-0.25, -0.2) is 0 Å². The summed E-state index contributed by atoms with van der Waals surface area (Å²) in [6.45, 7) is 11.3. The smallest absolute Gasteiger partial charge is 0.192 e. The van der Waals surface area contributed by atoms with E-state index in [2.05, 4.69) is 25.7 Å². The predicted molar refractivity (Wildman–Crippen MR) is 50.2 cm³/mol. The first-order valence-corrected chi connectivity index (χ1v) is 4.30. The van der Waals surface area contributed by atoms with Crippen molar-refractivity contribution in [2.45, 2.75) is 27.7 Å². The lowest BCUT2D eigenvalue weighted by molar-refractivity contribution is -0.128. The molecule has 3 nitrogen and oxygen atoms in total. The molecule has 0 aromatic carbocycles. The van der Waals surface area contributed by atoms with Crippen molar-refractivity contribution in [3.63, 3.8) is 0 Å². The number of Topliss-reactive ketones (excluding diaryl/α,β-unsaturated/α-hetero) is 1. The van der Waals surface area contributed by atoms with Crippen LogP contribution < -0.4 is 0 Å². The first kappa shape index (κ1) is 13.9. The SMILES string of the molecule is CC(=O)C=O.CCN(CC)CC. The molecule has 0 spiro atoms. The molecule has 0 radical (unpaired) electrons. The van der Waals surface area contributed by atoms with Crippen LogP contribution in [-0.4, -0.2) is 36.6 Å². The van der Waals surface area contributed by atoms with Crippen molar-refractivity contribution in [2.75, 3.05) is 19.6 Å². The van der Waals surface area contributed by atoms with Crippen molar-refractivity contribution >= 4 is 12.1 Å². The van der Waals surface area contributed by atoms with Crippen LogP contribution in [0.5, 0.6) is 0 Å². The molecule has 0 heterocycles. The van der Waals surface area contributed by atoms with E-state index in [1.165, 1.54) is 26.6 Å². The Morgan fingerprint density at radius 2 is 1.42 bits per heavy atom. The zero-order valence-corrected chi connectivity index (χ0v) is 8.46. The summed E-state index contributed by atoms with van der Waals surface area (Å²) in [5.41, 5.74) is 0. The maximum atomic E-state index is 9.44. The number of carbonyl (C=O) groups excluding carboxylic acids is 2. The summed E-state index contributed by atoms with van der Waals surface area (Å²) in [5, 5.41) is 0. The van der Waals surface area contributed by atoms with Crippen LogP contribution in [0.15, 0.2) is 0 Å². The van der Waals surface area contributed by atoms with E-state index in [9.17, 15) is 4.79 Å². The van der Waals surface area contributed by atoms with Crippen LogP contribution in [-0.2, 0) is 9.59 Å². The summed E-state index contributed by atoms with van der Waals surface area (Å²) < 4.78 is 0. The normalized spacial score (nSPS) is 8.75. The van der Waals surface area contributed by atoms with Crippen LogP contribution in [0.25, 0.3) is 0 Å². The van der Waals surface area contributed by atoms with Crippen molar-refractivity contribution in [2.24, 2.45) is 0 Å². The van der Waals surface area contributed by atoms with Gasteiger partial charge in [0.05, 0.1) is 0 Å². The molecular formula is C9H19NO2. The number of hydrogen-bond acceptors (Lipinski definition) is 3. The molecule has 0 aliphatic rings. The second-order valence-electron chi connectivity index (χ2n) is 2.35. The first-order valence-electron chi connectivity index (χ1n) is 4.30. The van der Waals surface area contributed by atoms with Crippen molar-refractivity contribution in [1.82, 2.24) is 4.90 Å². The van der Waals surface area contributed by atoms with E-state index < -0.39 is 5.78 Å². The Kier molecular flexibility index (Phi) is 11.9. The van der Waals surface area contributed by atoms with Gasteiger partial charge < -0.3 is 4.90 Å². The predicted octanol–water partition coefficient (Wildman–Crippen LogP) is 1.12. The van der Waals surface area contributed by atoms with Gasteiger partial charge in [0.25, 0.3) is 0 Å². The second kappa shape index (κ2) is 10.3. The van der Waals surface area contributed by atoms with E-state index in [0.717, 1.165) is 0 Å². The Labute approximate surface area is 74.7 Å². The van der Waals surface area contributed by atoms with E-state index in [-0.39, 0.29) is 6.29 Å².